The average Bonchev–Trinajstić information content (AvgIpc) is 2.71. The molecule has 2 aliphatic rings. The Morgan fingerprint density at radius 2 is 1.65 bits per heavy atom. The van der Waals surface area contributed by atoms with E-state index in [1.54, 1.807) is 24.3 Å². The maximum Gasteiger partial charge on any atom is 0.338 e. The molecule has 0 bridgehead atoms. The molecule has 0 saturated carbocycles. The number of carbonyl (C=O) groups excluding carboxylic acids is 1. The van der Waals surface area contributed by atoms with Crippen LogP contribution in [-0.4, -0.2) is 48.7 Å². The Hall–Kier alpha value is -2.25. The Bertz CT molecular complexity index is 734. The Kier molecular flexibility index (Phi) is 4.99. The first-order valence-corrected chi connectivity index (χ1v) is 8.60. The van der Waals surface area contributed by atoms with Gasteiger partial charge in [-0.3, -0.25) is 0 Å². The molecule has 0 aliphatic carbocycles. The summed E-state index contributed by atoms with van der Waals surface area (Å²) in [6.45, 7) is 0.368. The number of esters is 1. The van der Waals surface area contributed by atoms with E-state index in [4.69, 9.17) is 18.9 Å². The lowest BCUT2D eigenvalue weighted by atomic mass is 9.98. The highest BCUT2D eigenvalue weighted by atomic mass is 16.7. The van der Waals surface area contributed by atoms with Gasteiger partial charge in [0.15, 0.2) is 12.4 Å². The maximum absolute atomic E-state index is 12.4. The standard InChI is InChI=1S/C20H20O6/c21-15-11-23-16-12-24-20(14-9-5-2-6-10-14)26-18(16)17(15)25-19(22)13-7-3-1-4-8-13/h1-10,15-18,20-21H,11-12H2/t15-,16+,17+,18-,20?/m0/s1. The largest absolute Gasteiger partial charge is 0.453 e. The number of benzene rings is 2. The van der Waals surface area contributed by atoms with Crippen LogP contribution in [0.15, 0.2) is 60.7 Å². The van der Waals surface area contributed by atoms with E-state index >= 15 is 0 Å². The van der Waals surface area contributed by atoms with E-state index in [-0.39, 0.29) is 6.61 Å². The molecule has 0 radical (unpaired) electrons. The lowest BCUT2D eigenvalue weighted by Gasteiger charge is -2.44. The second-order valence-corrected chi connectivity index (χ2v) is 6.35. The highest BCUT2D eigenvalue weighted by Gasteiger charge is 2.47. The van der Waals surface area contributed by atoms with E-state index in [1.807, 2.05) is 36.4 Å². The molecule has 2 aromatic rings. The molecule has 1 unspecified atom stereocenters. The van der Waals surface area contributed by atoms with Gasteiger partial charge in [0.05, 0.1) is 18.8 Å². The van der Waals surface area contributed by atoms with Crippen molar-refractivity contribution in [2.75, 3.05) is 13.2 Å². The van der Waals surface area contributed by atoms with Crippen molar-refractivity contribution in [1.82, 2.24) is 0 Å². The normalized spacial score (nSPS) is 31.0. The number of hydrogen-bond donors (Lipinski definition) is 1. The zero-order chi connectivity index (χ0) is 17.9. The van der Waals surface area contributed by atoms with Crippen LogP contribution in [0.1, 0.15) is 22.2 Å². The van der Waals surface area contributed by atoms with Crippen molar-refractivity contribution in [3.8, 4) is 0 Å². The summed E-state index contributed by atoms with van der Waals surface area (Å²) in [5.74, 6) is -0.498. The van der Waals surface area contributed by atoms with Gasteiger partial charge in [-0.25, -0.2) is 4.79 Å². The molecule has 0 amide bonds. The van der Waals surface area contributed by atoms with E-state index in [2.05, 4.69) is 0 Å². The minimum absolute atomic E-state index is 0.0661. The molecule has 6 nitrogen and oxygen atoms in total. The fourth-order valence-electron chi connectivity index (χ4n) is 3.21. The highest BCUT2D eigenvalue weighted by molar-refractivity contribution is 5.89. The summed E-state index contributed by atoms with van der Waals surface area (Å²) in [5, 5.41) is 10.3. The van der Waals surface area contributed by atoms with Gasteiger partial charge >= 0.3 is 5.97 Å². The summed E-state index contributed by atoms with van der Waals surface area (Å²) >= 11 is 0. The molecule has 6 heteroatoms. The second kappa shape index (κ2) is 7.55. The van der Waals surface area contributed by atoms with E-state index in [9.17, 15) is 9.90 Å². The molecule has 2 saturated heterocycles. The van der Waals surface area contributed by atoms with E-state index < -0.39 is 36.7 Å². The minimum atomic E-state index is -0.960. The third kappa shape index (κ3) is 3.50. The summed E-state index contributed by atoms with van der Waals surface area (Å²) in [4.78, 5) is 12.4. The number of carbonyl (C=O) groups is 1. The number of fused-ring (bicyclic) bond motifs is 1. The van der Waals surface area contributed by atoms with Crippen LogP contribution in [0.3, 0.4) is 0 Å². The van der Waals surface area contributed by atoms with Crippen molar-refractivity contribution < 1.29 is 28.8 Å². The Morgan fingerprint density at radius 1 is 0.962 bits per heavy atom. The fraction of sp³-hybridized carbons (Fsp3) is 0.350. The predicted octanol–water partition coefficient (Wildman–Crippen LogP) is 2.09. The SMILES string of the molecule is O=C(O[C@H]1[C@H]2OC(c3ccccc3)OC[C@H]2OC[C@@H]1O)c1ccccc1. The molecule has 4 rings (SSSR count). The zero-order valence-corrected chi connectivity index (χ0v) is 14.1. The Balaban J connectivity index is 1.52. The third-order valence-electron chi connectivity index (χ3n) is 4.57. The van der Waals surface area contributed by atoms with Crippen LogP contribution in [-0.2, 0) is 18.9 Å². The summed E-state index contributed by atoms with van der Waals surface area (Å²) in [5.41, 5.74) is 1.29. The van der Waals surface area contributed by atoms with Gasteiger partial charge in [0, 0.05) is 5.56 Å². The van der Waals surface area contributed by atoms with Gasteiger partial charge < -0.3 is 24.1 Å². The van der Waals surface area contributed by atoms with Gasteiger partial charge in [0.1, 0.15) is 18.3 Å². The van der Waals surface area contributed by atoms with E-state index in [1.165, 1.54) is 0 Å². The van der Waals surface area contributed by atoms with Gasteiger partial charge in [0.2, 0.25) is 0 Å². The smallest absolute Gasteiger partial charge is 0.338 e. The molecule has 0 aromatic heterocycles. The molecule has 26 heavy (non-hydrogen) atoms. The van der Waals surface area contributed by atoms with Crippen LogP contribution < -0.4 is 0 Å². The third-order valence-corrected chi connectivity index (χ3v) is 4.57. The number of rotatable bonds is 3. The van der Waals surface area contributed by atoms with Crippen molar-refractivity contribution in [1.29, 1.82) is 0 Å². The van der Waals surface area contributed by atoms with Crippen LogP contribution in [0, 0.1) is 0 Å². The van der Waals surface area contributed by atoms with Gasteiger partial charge in [0.25, 0.3) is 0 Å². The average molecular weight is 356 g/mol. The molecule has 1 N–H and O–H groups in total. The topological polar surface area (TPSA) is 74.2 Å². The van der Waals surface area contributed by atoms with Crippen molar-refractivity contribution in [3.63, 3.8) is 0 Å². The van der Waals surface area contributed by atoms with Crippen LogP contribution in [0.25, 0.3) is 0 Å². The highest BCUT2D eigenvalue weighted by Crippen LogP contribution is 2.33. The molecular formula is C20H20O6. The second-order valence-electron chi connectivity index (χ2n) is 6.35. The van der Waals surface area contributed by atoms with Crippen LogP contribution in [0.4, 0.5) is 0 Å². The summed E-state index contributed by atoms with van der Waals surface area (Å²) < 4.78 is 22.9. The maximum atomic E-state index is 12.4. The monoisotopic (exact) mass is 356 g/mol. The minimum Gasteiger partial charge on any atom is -0.453 e. The van der Waals surface area contributed by atoms with Crippen molar-refractivity contribution in [2.24, 2.45) is 0 Å². The quantitative estimate of drug-likeness (QED) is 0.849. The van der Waals surface area contributed by atoms with Gasteiger partial charge in [-0.1, -0.05) is 48.5 Å². The lowest BCUT2D eigenvalue weighted by Crippen LogP contribution is -2.59. The van der Waals surface area contributed by atoms with Crippen LogP contribution in [0.2, 0.25) is 0 Å². The summed E-state index contributed by atoms with van der Waals surface area (Å²) in [6.07, 6.45) is -3.38. The first kappa shape index (κ1) is 17.2. The molecule has 0 spiro atoms. The number of aliphatic hydroxyl groups excluding tert-OH is 1. The molecule has 5 atom stereocenters. The van der Waals surface area contributed by atoms with Gasteiger partial charge in [-0.15, -0.1) is 0 Å². The molecule has 2 aromatic carbocycles. The van der Waals surface area contributed by atoms with Crippen LogP contribution in [0.5, 0.6) is 0 Å². The number of ether oxygens (including phenoxy) is 4. The summed E-state index contributed by atoms with van der Waals surface area (Å²) in [7, 11) is 0. The van der Waals surface area contributed by atoms with Gasteiger partial charge in [-0.2, -0.15) is 0 Å². The molecule has 2 fully saturated rings. The number of hydrogen-bond acceptors (Lipinski definition) is 6. The fourth-order valence-corrected chi connectivity index (χ4v) is 3.21. The zero-order valence-electron chi connectivity index (χ0n) is 14.1. The lowest BCUT2D eigenvalue weighted by molar-refractivity contribution is -0.313. The van der Waals surface area contributed by atoms with Crippen molar-refractivity contribution >= 4 is 5.97 Å². The van der Waals surface area contributed by atoms with E-state index in [0.717, 1.165) is 5.56 Å². The first-order chi connectivity index (χ1) is 12.7. The molecule has 136 valence electrons. The van der Waals surface area contributed by atoms with Crippen LogP contribution >= 0.6 is 0 Å². The first-order valence-electron chi connectivity index (χ1n) is 8.60. The van der Waals surface area contributed by atoms with Crippen molar-refractivity contribution in [2.45, 2.75) is 30.7 Å². The molecular weight excluding hydrogens is 336 g/mol. The van der Waals surface area contributed by atoms with Gasteiger partial charge in [-0.05, 0) is 12.1 Å². The Morgan fingerprint density at radius 3 is 2.38 bits per heavy atom. The van der Waals surface area contributed by atoms with E-state index in [0.29, 0.717) is 12.2 Å². The predicted molar refractivity (Wildman–Crippen MR) is 91.4 cm³/mol. The van der Waals surface area contributed by atoms with Crippen molar-refractivity contribution in [3.05, 3.63) is 71.8 Å². The number of aliphatic hydroxyl groups is 1. The Labute approximate surface area is 151 Å². The summed E-state index contributed by atoms with van der Waals surface area (Å²) in [6, 6.07) is 18.2. The molecule has 2 aliphatic heterocycles. The molecule has 2 heterocycles.